The average molecular weight is 393 g/mol. The van der Waals surface area contributed by atoms with Gasteiger partial charge in [-0.15, -0.1) is 11.3 Å². The molecule has 1 aliphatic rings. The maximum absolute atomic E-state index is 12.4. The second-order valence-corrected chi connectivity index (χ2v) is 7.73. The summed E-state index contributed by atoms with van der Waals surface area (Å²) in [6.07, 6.45) is 0. The minimum Gasteiger partial charge on any atom is -0.488 e. The molecule has 0 radical (unpaired) electrons. The fourth-order valence-corrected chi connectivity index (χ4v) is 4.11. The Kier molecular flexibility index (Phi) is 4.88. The predicted molar refractivity (Wildman–Crippen MR) is 109 cm³/mol. The van der Waals surface area contributed by atoms with Crippen LogP contribution in [0.5, 0.6) is 5.75 Å². The Balaban J connectivity index is 1.40. The normalized spacial score (nSPS) is 11.8. The Bertz CT molecular complexity index is 1070. The van der Waals surface area contributed by atoms with Crippen LogP contribution in [0.15, 0.2) is 48.5 Å². The Morgan fingerprint density at radius 3 is 2.75 bits per heavy atom. The molecule has 3 aromatic rings. The van der Waals surface area contributed by atoms with Crippen LogP contribution in [0.1, 0.15) is 26.4 Å². The molecular weight excluding hydrogens is 374 g/mol. The first-order valence-corrected chi connectivity index (χ1v) is 9.72. The lowest BCUT2D eigenvalue weighted by molar-refractivity contribution is -0.119. The maximum atomic E-state index is 12.4. The number of thiophene rings is 1. The molecule has 0 atom stereocenters. The van der Waals surface area contributed by atoms with E-state index in [0.717, 1.165) is 32.9 Å². The number of hydrogen-bond donors (Lipinski definition) is 1. The molecule has 0 spiro atoms. The van der Waals surface area contributed by atoms with E-state index in [1.54, 1.807) is 6.07 Å². The summed E-state index contributed by atoms with van der Waals surface area (Å²) in [5.41, 5.74) is 4.85. The summed E-state index contributed by atoms with van der Waals surface area (Å²) >= 11 is 1.36. The number of para-hydroxylation sites is 1. The van der Waals surface area contributed by atoms with E-state index >= 15 is 0 Å². The van der Waals surface area contributed by atoms with Crippen molar-refractivity contribution >= 4 is 28.9 Å². The Hall–Kier alpha value is -3.12. The van der Waals surface area contributed by atoms with Crippen molar-refractivity contribution in [3.8, 4) is 16.2 Å². The number of amides is 1. The Morgan fingerprint density at radius 2 is 1.93 bits per heavy atom. The van der Waals surface area contributed by atoms with Crippen LogP contribution in [-0.2, 0) is 16.1 Å². The zero-order chi connectivity index (χ0) is 19.7. The SMILES string of the molecule is Cc1ccc(NC(=O)COC(=O)c2cc3c(s2)-c2ccccc2OC3)cc1C. The summed E-state index contributed by atoms with van der Waals surface area (Å²) in [6, 6.07) is 15.2. The molecule has 6 heteroatoms. The maximum Gasteiger partial charge on any atom is 0.348 e. The van der Waals surface area contributed by atoms with Gasteiger partial charge in [-0.3, -0.25) is 4.79 Å². The first-order valence-electron chi connectivity index (χ1n) is 8.90. The molecule has 2 aromatic carbocycles. The van der Waals surface area contributed by atoms with E-state index in [0.29, 0.717) is 17.2 Å². The molecule has 0 unspecified atom stereocenters. The van der Waals surface area contributed by atoms with E-state index in [9.17, 15) is 9.59 Å². The lowest BCUT2D eigenvalue weighted by atomic mass is 10.1. The highest BCUT2D eigenvalue weighted by atomic mass is 32.1. The lowest BCUT2D eigenvalue weighted by Crippen LogP contribution is -2.20. The summed E-state index contributed by atoms with van der Waals surface area (Å²) < 4.78 is 10.9. The van der Waals surface area contributed by atoms with Crippen LogP contribution >= 0.6 is 11.3 Å². The summed E-state index contributed by atoms with van der Waals surface area (Å²) in [4.78, 5) is 26.0. The molecule has 5 nitrogen and oxygen atoms in total. The van der Waals surface area contributed by atoms with Crippen molar-refractivity contribution in [2.24, 2.45) is 0 Å². The predicted octanol–water partition coefficient (Wildman–Crippen LogP) is 4.72. The summed E-state index contributed by atoms with van der Waals surface area (Å²) in [7, 11) is 0. The van der Waals surface area contributed by atoms with Gasteiger partial charge < -0.3 is 14.8 Å². The van der Waals surface area contributed by atoms with E-state index in [-0.39, 0.29) is 12.5 Å². The number of rotatable bonds is 4. The molecule has 142 valence electrons. The standard InChI is InChI=1S/C22H19NO4S/c1-13-7-8-16(9-14(13)2)23-20(24)12-27-22(25)19-10-15-11-26-18-6-4-3-5-17(18)21(15)28-19/h3-10H,11-12H2,1-2H3,(H,23,24). The zero-order valence-electron chi connectivity index (χ0n) is 15.6. The second-order valence-electron chi connectivity index (χ2n) is 6.67. The molecule has 0 aliphatic carbocycles. The van der Waals surface area contributed by atoms with Crippen LogP contribution in [0, 0.1) is 13.8 Å². The molecule has 2 heterocycles. The van der Waals surface area contributed by atoms with Gasteiger partial charge >= 0.3 is 5.97 Å². The van der Waals surface area contributed by atoms with Crippen molar-refractivity contribution in [1.29, 1.82) is 0 Å². The minimum absolute atomic E-state index is 0.332. The molecular formula is C22H19NO4S. The number of fused-ring (bicyclic) bond motifs is 3. The highest BCUT2D eigenvalue weighted by Crippen LogP contribution is 2.42. The van der Waals surface area contributed by atoms with Crippen LogP contribution < -0.4 is 10.1 Å². The molecule has 0 saturated heterocycles. The van der Waals surface area contributed by atoms with Crippen molar-refractivity contribution in [2.75, 3.05) is 11.9 Å². The van der Waals surface area contributed by atoms with Crippen LogP contribution in [-0.4, -0.2) is 18.5 Å². The molecule has 1 aromatic heterocycles. The monoisotopic (exact) mass is 393 g/mol. The third kappa shape index (κ3) is 3.64. The van der Waals surface area contributed by atoms with Crippen molar-refractivity contribution in [1.82, 2.24) is 0 Å². The third-order valence-corrected chi connectivity index (χ3v) is 5.84. The van der Waals surface area contributed by atoms with Gasteiger partial charge in [0, 0.05) is 21.7 Å². The van der Waals surface area contributed by atoms with Crippen LogP contribution in [0.2, 0.25) is 0 Å². The van der Waals surface area contributed by atoms with Crippen LogP contribution in [0.3, 0.4) is 0 Å². The van der Waals surface area contributed by atoms with Gasteiger partial charge in [0.15, 0.2) is 6.61 Å². The van der Waals surface area contributed by atoms with Gasteiger partial charge in [-0.25, -0.2) is 4.79 Å². The highest BCUT2D eigenvalue weighted by molar-refractivity contribution is 7.17. The number of aryl methyl sites for hydroxylation is 2. The molecule has 0 bridgehead atoms. The number of anilines is 1. The first-order chi connectivity index (χ1) is 13.5. The number of carbonyl (C=O) groups is 2. The van der Waals surface area contributed by atoms with Gasteiger partial charge in [-0.1, -0.05) is 18.2 Å². The van der Waals surface area contributed by atoms with Crippen molar-refractivity contribution in [3.63, 3.8) is 0 Å². The summed E-state index contributed by atoms with van der Waals surface area (Å²) in [5.74, 6) is -0.0664. The number of nitrogens with one attached hydrogen (secondary N) is 1. The molecule has 0 saturated carbocycles. The average Bonchev–Trinajstić information content (AvgIpc) is 3.14. The topological polar surface area (TPSA) is 64.6 Å². The van der Waals surface area contributed by atoms with Gasteiger partial charge in [-0.2, -0.15) is 0 Å². The molecule has 0 fully saturated rings. The number of carbonyl (C=O) groups excluding carboxylic acids is 2. The fraction of sp³-hybridized carbons (Fsp3) is 0.182. The lowest BCUT2D eigenvalue weighted by Gasteiger charge is -2.16. The van der Waals surface area contributed by atoms with Gasteiger partial charge in [0.05, 0.1) is 0 Å². The van der Waals surface area contributed by atoms with Crippen molar-refractivity contribution in [3.05, 3.63) is 70.1 Å². The second kappa shape index (κ2) is 7.48. The van der Waals surface area contributed by atoms with Gasteiger partial charge in [0.25, 0.3) is 5.91 Å². The van der Waals surface area contributed by atoms with E-state index in [4.69, 9.17) is 9.47 Å². The summed E-state index contributed by atoms with van der Waals surface area (Å²) in [6.45, 7) is 4.07. The van der Waals surface area contributed by atoms with Crippen molar-refractivity contribution < 1.29 is 19.1 Å². The fourth-order valence-electron chi connectivity index (χ4n) is 3.02. The molecule has 1 aliphatic heterocycles. The Morgan fingerprint density at radius 1 is 1.11 bits per heavy atom. The number of hydrogen-bond acceptors (Lipinski definition) is 5. The minimum atomic E-state index is -0.507. The quantitative estimate of drug-likeness (QED) is 0.652. The summed E-state index contributed by atoms with van der Waals surface area (Å²) in [5, 5.41) is 2.75. The molecule has 28 heavy (non-hydrogen) atoms. The number of ether oxygens (including phenoxy) is 2. The largest absolute Gasteiger partial charge is 0.488 e. The van der Waals surface area contributed by atoms with E-state index in [1.807, 2.05) is 56.3 Å². The van der Waals surface area contributed by atoms with Crippen molar-refractivity contribution in [2.45, 2.75) is 20.5 Å². The molecule has 1 amide bonds. The molecule has 4 rings (SSSR count). The van der Waals surface area contributed by atoms with E-state index in [2.05, 4.69) is 5.32 Å². The van der Waals surface area contributed by atoms with Gasteiger partial charge in [-0.05, 0) is 55.3 Å². The van der Waals surface area contributed by atoms with Gasteiger partial charge in [0.1, 0.15) is 17.2 Å². The Labute approximate surface area is 166 Å². The van der Waals surface area contributed by atoms with E-state index < -0.39 is 5.97 Å². The van der Waals surface area contributed by atoms with Crippen LogP contribution in [0.25, 0.3) is 10.4 Å². The zero-order valence-corrected chi connectivity index (χ0v) is 16.4. The first kappa shape index (κ1) is 18.3. The molecule has 1 N–H and O–H groups in total. The van der Waals surface area contributed by atoms with Crippen LogP contribution in [0.4, 0.5) is 5.69 Å². The number of esters is 1. The third-order valence-electron chi connectivity index (χ3n) is 4.65. The highest BCUT2D eigenvalue weighted by Gasteiger charge is 2.23. The van der Waals surface area contributed by atoms with Gasteiger partial charge in [0.2, 0.25) is 0 Å². The smallest absolute Gasteiger partial charge is 0.348 e. The van der Waals surface area contributed by atoms with E-state index in [1.165, 1.54) is 11.3 Å². The number of benzene rings is 2.